The van der Waals surface area contributed by atoms with Crippen molar-refractivity contribution in [2.75, 3.05) is 7.11 Å². The molecule has 15 heavy (non-hydrogen) atoms. The standard InChI is InChI=1S/C10H10N2O3/c1-5-3-4-6-8(12-10(14)11-6)7(5)9(13)15-2/h3-4H,1-2H3,(H2,11,12,14). The van der Waals surface area contributed by atoms with Crippen molar-refractivity contribution in [3.63, 3.8) is 0 Å². The lowest BCUT2D eigenvalue weighted by Crippen LogP contribution is -2.05. The molecule has 0 fully saturated rings. The molecule has 1 heterocycles. The molecule has 0 radical (unpaired) electrons. The van der Waals surface area contributed by atoms with Crippen LogP contribution in [0.25, 0.3) is 11.0 Å². The van der Waals surface area contributed by atoms with Gasteiger partial charge >= 0.3 is 11.7 Å². The number of hydrogen-bond donors (Lipinski definition) is 2. The third kappa shape index (κ3) is 1.41. The third-order valence-corrected chi connectivity index (χ3v) is 2.29. The molecule has 1 aromatic heterocycles. The summed E-state index contributed by atoms with van der Waals surface area (Å²) in [6.45, 7) is 1.79. The first-order chi connectivity index (χ1) is 7.13. The molecular formula is C10H10N2O3. The van der Waals surface area contributed by atoms with Gasteiger partial charge in [0.15, 0.2) is 0 Å². The van der Waals surface area contributed by atoms with E-state index in [2.05, 4.69) is 14.7 Å². The SMILES string of the molecule is COC(=O)c1c(C)ccc2[nH]c(=O)[nH]c12. The molecule has 0 unspecified atom stereocenters. The summed E-state index contributed by atoms with van der Waals surface area (Å²) in [6.07, 6.45) is 0. The van der Waals surface area contributed by atoms with Crippen LogP contribution in [0.15, 0.2) is 16.9 Å². The van der Waals surface area contributed by atoms with Crippen LogP contribution < -0.4 is 5.69 Å². The molecule has 5 heteroatoms. The summed E-state index contributed by atoms with van der Waals surface area (Å²) >= 11 is 0. The van der Waals surface area contributed by atoms with E-state index in [-0.39, 0.29) is 5.69 Å². The molecule has 0 aliphatic heterocycles. The molecule has 2 aromatic rings. The Morgan fingerprint density at radius 3 is 2.73 bits per heavy atom. The molecule has 0 saturated heterocycles. The van der Waals surface area contributed by atoms with Crippen LogP contribution in [0.5, 0.6) is 0 Å². The maximum atomic E-state index is 11.5. The maximum absolute atomic E-state index is 11.5. The van der Waals surface area contributed by atoms with Crippen LogP contribution in [0.1, 0.15) is 15.9 Å². The average Bonchev–Trinajstić information content (AvgIpc) is 2.57. The van der Waals surface area contributed by atoms with Crippen LogP contribution in [0.3, 0.4) is 0 Å². The Bertz CT molecular complexity index is 580. The van der Waals surface area contributed by atoms with Gasteiger partial charge in [-0.15, -0.1) is 0 Å². The van der Waals surface area contributed by atoms with Gasteiger partial charge < -0.3 is 14.7 Å². The molecule has 0 saturated carbocycles. The van der Waals surface area contributed by atoms with E-state index in [4.69, 9.17) is 0 Å². The van der Waals surface area contributed by atoms with Gasteiger partial charge in [0.25, 0.3) is 0 Å². The van der Waals surface area contributed by atoms with Crippen molar-refractivity contribution >= 4 is 17.0 Å². The first-order valence-corrected chi connectivity index (χ1v) is 4.43. The van der Waals surface area contributed by atoms with Crippen LogP contribution >= 0.6 is 0 Å². The van der Waals surface area contributed by atoms with Crippen LogP contribution in [-0.2, 0) is 4.74 Å². The summed E-state index contributed by atoms with van der Waals surface area (Å²) in [7, 11) is 1.31. The second-order valence-electron chi connectivity index (χ2n) is 3.25. The molecular weight excluding hydrogens is 196 g/mol. The fraction of sp³-hybridized carbons (Fsp3) is 0.200. The van der Waals surface area contributed by atoms with Gasteiger partial charge in [-0.1, -0.05) is 6.07 Å². The van der Waals surface area contributed by atoms with E-state index in [9.17, 15) is 9.59 Å². The summed E-state index contributed by atoms with van der Waals surface area (Å²) in [6, 6.07) is 3.51. The lowest BCUT2D eigenvalue weighted by atomic mass is 10.1. The molecule has 2 N–H and O–H groups in total. The lowest BCUT2D eigenvalue weighted by Gasteiger charge is -2.03. The minimum atomic E-state index is -0.451. The van der Waals surface area contributed by atoms with Gasteiger partial charge in [-0.3, -0.25) is 0 Å². The zero-order valence-corrected chi connectivity index (χ0v) is 8.38. The Morgan fingerprint density at radius 2 is 2.07 bits per heavy atom. The fourth-order valence-electron chi connectivity index (χ4n) is 1.57. The van der Waals surface area contributed by atoms with Crippen molar-refractivity contribution in [3.05, 3.63) is 33.7 Å². The number of carbonyl (C=O) groups is 1. The number of aromatic nitrogens is 2. The van der Waals surface area contributed by atoms with Gasteiger partial charge in [0.2, 0.25) is 0 Å². The molecule has 0 spiro atoms. The Hall–Kier alpha value is -2.04. The number of methoxy groups -OCH3 is 1. The van der Waals surface area contributed by atoms with E-state index >= 15 is 0 Å². The van der Waals surface area contributed by atoms with Crippen LogP contribution in [-0.4, -0.2) is 23.0 Å². The summed E-state index contributed by atoms with van der Waals surface area (Å²) in [5.74, 6) is -0.451. The summed E-state index contributed by atoms with van der Waals surface area (Å²) in [4.78, 5) is 27.8. The number of aryl methyl sites for hydroxylation is 1. The van der Waals surface area contributed by atoms with E-state index < -0.39 is 5.97 Å². The van der Waals surface area contributed by atoms with Gasteiger partial charge in [0.05, 0.1) is 23.7 Å². The highest BCUT2D eigenvalue weighted by molar-refractivity contribution is 6.03. The Balaban J connectivity index is 2.84. The minimum Gasteiger partial charge on any atom is -0.465 e. The van der Waals surface area contributed by atoms with Crippen LogP contribution in [0.4, 0.5) is 0 Å². The number of ether oxygens (including phenoxy) is 1. The Kier molecular flexibility index (Phi) is 2.07. The van der Waals surface area contributed by atoms with Gasteiger partial charge in [-0.25, -0.2) is 9.59 Å². The van der Waals surface area contributed by atoms with Crippen molar-refractivity contribution in [2.45, 2.75) is 6.92 Å². The number of rotatable bonds is 1. The van der Waals surface area contributed by atoms with E-state index in [0.29, 0.717) is 16.6 Å². The second-order valence-corrected chi connectivity index (χ2v) is 3.25. The van der Waals surface area contributed by atoms with E-state index in [0.717, 1.165) is 5.56 Å². The largest absolute Gasteiger partial charge is 0.465 e. The molecule has 0 aliphatic carbocycles. The van der Waals surface area contributed by atoms with Crippen molar-refractivity contribution in [2.24, 2.45) is 0 Å². The summed E-state index contributed by atoms with van der Waals surface area (Å²) in [5.41, 5.74) is 1.93. The monoisotopic (exact) mass is 206 g/mol. The number of carbonyl (C=O) groups excluding carboxylic acids is 1. The molecule has 5 nitrogen and oxygen atoms in total. The maximum Gasteiger partial charge on any atom is 0.340 e. The summed E-state index contributed by atoms with van der Waals surface area (Å²) in [5, 5.41) is 0. The zero-order valence-electron chi connectivity index (χ0n) is 8.38. The highest BCUT2D eigenvalue weighted by atomic mass is 16.5. The number of benzene rings is 1. The van der Waals surface area contributed by atoms with Gasteiger partial charge in [-0.2, -0.15) is 0 Å². The fourth-order valence-corrected chi connectivity index (χ4v) is 1.57. The summed E-state index contributed by atoms with van der Waals surface area (Å²) < 4.78 is 4.66. The molecule has 0 amide bonds. The van der Waals surface area contributed by atoms with E-state index in [1.54, 1.807) is 19.1 Å². The molecule has 0 bridgehead atoms. The number of H-pyrrole nitrogens is 2. The quantitative estimate of drug-likeness (QED) is 0.682. The van der Waals surface area contributed by atoms with Crippen LogP contribution in [0, 0.1) is 6.92 Å². The number of aromatic amines is 2. The molecule has 1 aromatic carbocycles. The number of esters is 1. The zero-order chi connectivity index (χ0) is 11.0. The van der Waals surface area contributed by atoms with Crippen LogP contribution in [0.2, 0.25) is 0 Å². The first kappa shape index (κ1) is 9.51. The topological polar surface area (TPSA) is 75.0 Å². The van der Waals surface area contributed by atoms with Gasteiger partial charge in [0, 0.05) is 0 Å². The van der Waals surface area contributed by atoms with Crippen molar-refractivity contribution in [1.29, 1.82) is 0 Å². The van der Waals surface area contributed by atoms with Crippen molar-refractivity contribution in [1.82, 2.24) is 9.97 Å². The predicted molar refractivity (Wildman–Crippen MR) is 55.0 cm³/mol. The van der Waals surface area contributed by atoms with Crippen molar-refractivity contribution in [3.8, 4) is 0 Å². The highest BCUT2D eigenvalue weighted by Crippen LogP contribution is 2.18. The van der Waals surface area contributed by atoms with Gasteiger partial charge in [-0.05, 0) is 18.6 Å². The first-order valence-electron chi connectivity index (χ1n) is 4.43. The predicted octanol–water partition coefficient (Wildman–Crippen LogP) is 0.951. The molecule has 2 rings (SSSR count). The second kappa shape index (κ2) is 3.27. The Morgan fingerprint density at radius 1 is 1.33 bits per heavy atom. The molecule has 78 valence electrons. The number of hydrogen-bond acceptors (Lipinski definition) is 3. The smallest absolute Gasteiger partial charge is 0.340 e. The normalized spacial score (nSPS) is 10.5. The lowest BCUT2D eigenvalue weighted by molar-refractivity contribution is 0.0602. The number of fused-ring (bicyclic) bond motifs is 1. The Labute approximate surface area is 85.1 Å². The molecule has 0 atom stereocenters. The highest BCUT2D eigenvalue weighted by Gasteiger charge is 2.15. The average molecular weight is 206 g/mol. The van der Waals surface area contributed by atoms with Crippen molar-refractivity contribution < 1.29 is 9.53 Å². The van der Waals surface area contributed by atoms with E-state index in [1.807, 2.05) is 0 Å². The third-order valence-electron chi connectivity index (χ3n) is 2.29. The van der Waals surface area contributed by atoms with E-state index in [1.165, 1.54) is 7.11 Å². The minimum absolute atomic E-state index is 0.333. The molecule has 0 aliphatic rings. The number of nitrogens with one attached hydrogen (secondary N) is 2. The van der Waals surface area contributed by atoms with Gasteiger partial charge in [0.1, 0.15) is 0 Å². The number of imidazole rings is 1.